The Morgan fingerprint density at radius 2 is 2.47 bits per heavy atom. The second kappa shape index (κ2) is 5.52. The van der Waals surface area contributed by atoms with Crippen LogP contribution >= 0.6 is 11.8 Å². The number of hydrogen-bond donors (Lipinski definition) is 1. The van der Waals surface area contributed by atoms with Crippen LogP contribution in [0, 0.1) is 12.8 Å². The third-order valence-electron chi connectivity index (χ3n) is 2.71. The lowest BCUT2D eigenvalue weighted by atomic mass is 10.1. The van der Waals surface area contributed by atoms with Crippen LogP contribution < -0.4 is 5.32 Å². The van der Waals surface area contributed by atoms with Crippen molar-refractivity contribution in [2.24, 2.45) is 5.92 Å². The van der Waals surface area contributed by atoms with Gasteiger partial charge in [0.05, 0.1) is 5.69 Å². The summed E-state index contributed by atoms with van der Waals surface area (Å²) < 4.78 is 0. The largest absolute Gasteiger partial charge is 0.311 e. The molecule has 82 valence electrons. The Hall–Kier alpha value is -0.540. The van der Waals surface area contributed by atoms with Crippen molar-refractivity contribution in [2.75, 3.05) is 18.1 Å². The predicted octanol–water partition coefficient (Wildman–Crippen LogP) is 2.23. The second-order valence-corrected chi connectivity index (χ2v) is 5.28. The number of nitrogens with zero attached hydrogens (tertiary/aromatic N) is 1. The van der Waals surface area contributed by atoms with Crippen molar-refractivity contribution in [3.63, 3.8) is 0 Å². The molecule has 1 saturated heterocycles. The van der Waals surface area contributed by atoms with Crippen LogP contribution in [-0.4, -0.2) is 23.0 Å². The maximum absolute atomic E-state index is 4.47. The summed E-state index contributed by atoms with van der Waals surface area (Å²) in [5.41, 5.74) is 2.26. The highest BCUT2D eigenvalue weighted by molar-refractivity contribution is 7.99. The Morgan fingerprint density at radius 1 is 1.53 bits per heavy atom. The van der Waals surface area contributed by atoms with Gasteiger partial charge in [-0.25, -0.2) is 0 Å². The number of pyridine rings is 1. The average molecular weight is 222 g/mol. The summed E-state index contributed by atoms with van der Waals surface area (Å²) >= 11 is 2.08. The standard InChI is InChI=1S/C12H18N2S/c1-10-3-2-4-12(14-10)8-13-7-11-5-6-15-9-11/h2-4,11,13H,5-9H2,1H3. The fourth-order valence-electron chi connectivity index (χ4n) is 1.85. The Balaban J connectivity index is 1.73. The summed E-state index contributed by atoms with van der Waals surface area (Å²) in [5, 5.41) is 3.50. The van der Waals surface area contributed by atoms with Gasteiger partial charge < -0.3 is 5.32 Å². The van der Waals surface area contributed by atoms with Crippen LogP contribution in [0.5, 0.6) is 0 Å². The van der Waals surface area contributed by atoms with Crippen molar-refractivity contribution >= 4 is 11.8 Å². The maximum Gasteiger partial charge on any atom is 0.0544 e. The molecule has 1 fully saturated rings. The summed E-state index contributed by atoms with van der Waals surface area (Å²) in [6.07, 6.45) is 1.37. The lowest BCUT2D eigenvalue weighted by molar-refractivity contribution is 0.520. The topological polar surface area (TPSA) is 24.9 Å². The molecule has 2 heterocycles. The molecule has 0 aliphatic carbocycles. The van der Waals surface area contributed by atoms with Crippen LogP contribution in [0.15, 0.2) is 18.2 Å². The molecule has 1 atom stereocenters. The fourth-order valence-corrected chi connectivity index (χ4v) is 3.13. The molecule has 1 aromatic heterocycles. The van der Waals surface area contributed by atoms with Crippen LogP contribution in [0.25, 0.3) is 0 Å². The van der Waals surface area contributed by atoms with Crippen LogP contribution in [0.4, 0.5) is 0 Å². The maximum atomic E-state index is 4.47. The molecule has 1 unspecified atom stereocenters. The summed E-state index contributed by atoms with van der Waals surface area (Å²) in [6, 6.07) is 6.20. The molecule has 1 aromatic rings. The first kappa shape index (κ1) is 11.0. The van der Waals surface area contributed by atoms with Crippen molar-refractivity contribution in [3.05, 3.63) is 29.6 Å². The van der Waals surface area contributed by atoms with E-state index in [0.29, 0.717) is 0 Å². The molecule has 1 N–H and O–H groups in total. The lowest BCUT2D eigenvalue weighted by Crippen LogP contribution is -2.22. The van der Waals surface area contributed by atoms with E-state index < -0.39 is 0 Å². The van der Waals surface area contributed by atoms with Gasteiger partial charge in [-0.3, -0.25) is 4.98 Å². The van der Waals surface area contributed by atoms with Crippen LogP contribution in [0.2, 0.25) is 0 Å². The van der Waals surface area contributed by atoms with E-state index in [1.54, 1.807) is 0 Å². The highest BCUT2D eigenvalue weighted by atomic mass is 32.2. The first-order chi connectivity index (χ1) is 7.34. The first-order valence-electron chi connectivity index (χ1n) is 5.55. The number of nitrogens with one attached hydrogen (secondary N) is 1. The van der Waals surface area contributed by atoms with Crippen molar-refractivity contribution in [3.8, 4) is 0 Å². The average Bonchev–Trinajstić information content (AvgIpc) is 2.71. The zero-order valence-corrected chi connectivity index (χ0v) is 10.0. The fraction of sp³-hybridized carbons (Fsp3) is 0.583. The smallest absolute Gasteiger partial charge is 0.0544 e. The molecular formula is C12H18N2S. The Morgan fingerprint density at radius 3 is 3.20 bits per heavy atom. The van der Waals surface area contributed by atoms with Gasteiger partial charge in [0.25, 0.3) is 0 Å². The van der Waals surface area contributed by atoms with E-state index in [0.717, 1.165) is 30.4 Å². The highest BCUT2D eigenvalue weighted by Crippen LogP contribution is 2.22. The third-order valence-corrected chi connectivity index (χ3v) is 3.94. The van der Waals surface area contributed by atoms with E-state index >= 15 is 0 Å². The summed E-state index contributed by atoms with van der Waals surface area (Å²) in [6.45, 7) is 4.09. The van der Waals surface area contributed by atoms with Gasteiger partial charge in [0.1, 0.15) is 0 Å². The van der Waals surface area contributed by atoms with Crippen LogP contribution in [-0.2, 0) is 6.54 Å². The molecule has 15 heavy (non-hydrogen) atoms. The first-order valence-corrected chi connectivity index (χ1v) is 6.71. The molecule has 0 aromatic carbocycles. The quantitative estimate of drug-likeness (QED) is 0.845. The summed E-state index contributed by atoms with van der Waals surface area (Å²) in [7, 11) is 0. The minimum Gasteiger partial charge on any atom is -0.311 e. The molecular weight excluding hydrogens is 204 g/mol. The van der Waals surface area contributed by atoms with Crippen LogP contribution in [0.3, 0.4) is 0 Å². The van der Waals surface area contributed by atoms with Crippen molar-refractivity contribution in [1.29, 1.82) is 0 Å². The summed E-state index contributed by atoms with van der Waals surface area (Å²) in [4.78, 5) is 4.47. The van der Waals surface area contributed by atoms with Gasteiger partial charge in [-0.15, -0.1) is 0 Å². The third kappa shape index (κ3) is 3.50. The number of thioether (sulfide) groups is 1. The van der Waals surface area contributed by atoms with E-state index in [2.05, 4.69) is 34.2 Å². The van der Waals surface area contributed by atoms with Gasteiger partial charge in [0.15, 0.2) is 0 Å². The van der Waals surface area contributed by atoms with Gasteiger partial charge in [0.2, 0.25) is 0 Å². The minimum absolute atomic E-state index is 0.875. The Labute approximate surface area is 95.9 Å². The van der Waals surface area contributed by atoms with Crippen molar-refractivity contribution < 1.29 is 0 Å². The normalized spacial score (nSPS) is 20.7. The van der Waals surface area contributed by atoms with Gasteiger partial charge >= 0.3 is 0 Å². The van der Waals surface area contributed by atoms with Gasteiger partial charge in [-0.05, 0) is 49.4 Å². The predicted molar refractivity (Wildman–Crippen MR) is 66.1 cm³/mol. The number of rotatable bonds is 4. The van der Waals surface area contributed by atoms with E-state index in [1.807, 2.05) is 13.0 Å². The SMILES string of the molecule is Cc1cccc(CNCC2CCSC2)n1. The van der Waals surface area contributed by atoms with Gasteiger partial charge in [0, 0.05) is 12.2 Å². The number of aromatic nitrogens is 1. The van der Waals surface area contributed by atoms with Crippen molar-refractivity contribution in [2.45, 2.75) is 19.9 Å². The lowest BCUT2D eigenvalue weighted by Gasteiger charge is -2.09. The van der Waals surface area contributed by atoms with E-state index in [1.165, 1.54) is 17.9 Å². The second-order valence-electron chi connectivity index (χ2n) is 4.13. The van der Waals surface area contributed by atoms with Gasteiger partial charge in [-0.1, -0.05) is 6.07 Å². The molecule has 1 aliphatic heterocycles. The van der Waals surface area contributed by atoms with Crippen molar-refractivity contribution in [1.82, 2.24) is 10.3 Å². The highest BCUT2D eigenvalue weighted by Gasteiger charge is 2.14. The Kier molecular flexibility index (Phi) is 4.03. The molecule has 0 spiro atoms. The van der Waals surface area contributed by atoms with E-state index in [4.69, 9.17) is 0 Å². The molecule has 0 amide bonds. The molecule has 0 saturated carbocycles. The van der Waals surface area contributed by atoms with Crippen LogP contribution in [0.1, 0.15) is 17.8 Å². The van der Waals surface area contributed by atoms with E-state index in [-0.39, 0.29) is 0 Å². The molecule has 1 aliphatic rings. The van der Waals surface area contributed by atoms with E-state index in [9.17, 15) is 0 Å². The molecule has 2 nitrogen and oxygen atoms in total. The molecule has 0 bridgehead atoms. The zero-order chi connectivity index (χ0) is 10.5. The monoisotopic (exact) mass is 222 g/mol. The molecule has 2 rings (SSSR count). The molecule has 0 radical (unpaired) electrons. The zero-order valence-electron chi connectivity index (χ0n) is 9.20. The molecule has 3 heteroatoms. The Bertz CT molecular complexity index is 308. The number of aryl methyl sites for hydroxylation is 1. The minimum atomic E-state index is 0.875. The number of hydrogen-bond acceptors (Lipinski definition) is 3. The van der Waals surface area contributed by atoms with Gasteiger partial charge in [-0.2, -0.15) is 11.8 Å². The summed E-state index contributed by atoms with van der Waals surface area (Å²) in [5.74, 6) is 3.54.